The van der Waals surface area contributed by atoms with Crippen molar-refractivity contribution in [3.05, 3.63) is 92.2 Å². The fourth-order valence-corrected chi connectivity index (χ4v) is 4.17. The normalized spacial score (nSPS) is 13.9. The van der Waals surface area contributed by atoms with Gasteiger partial charge < -0.3 is 19.5 Å². The van der Waals surface area contributed by atoms with Gasteiger partial charge in [0.1, 0.15) is 6.61 Å². The van der Waals surface area contributed by atoms with Gasteiger partial charge in [0.05, 0.1) is 10.7 Å². The highest BCUT2D eigenvalue weighted by Gasteiger charge is 2.24. The lowest BCUT2D eigenvalue weighted by Gasteiger charge is -2.14. The second kappa shape index (κ2) is 10.7. The molecule has 1 N–H and O–H groups in total. The molecule has 0 fully saturated rings. The first kappa shape index (κ1) is 24.5. The third-order valence-electron chi connectivity index (χ3n) is 5.13. The lowest BCUT2D eigenvalue weighted by Crippen LogP contribution is -2.07. The minimum atomic E-state index is -0.542. The van der Waals surface area contributed by atoms with Gasteiger partial charge in [0, 0.05) is 18.2 Å². The number of hydrogen-bond donors (Lipinski definition) is 1. The van der Waals surface area contributed by atoms with Crippen LogP contribution in [0, 0.1) is 10.5 Å². The number of ether oxygens (including phenoxy) is 3. The Morgan fingerprint density at radius 1 is 1.11 bits per heavy atom. The number of esters is 1. The summed E-state index contributed by atoms with van der Waals surface area (Å²) in [5, 5.41) is 2.69. The molecule has 1 amide bonds. The Hall–Kier alpha value is -3.66. The molecule has 1 aliphatic heterocycles. The highest BCUT2D eigenvalue weighted by molar-refractivity contribution is 14.1. The van der Waals surface area contributed by atoms with Gasteiger partial charge >= 0.3 is 5.97 Å². The number of benzene rings is 3. The molecule has 35 heavy (non-hydrogen) atoms. The highest BCUT2D eigenvalue weighted by atomic mass is 127. The Morgan fingerprint density at radius 2 is 1.83 bits per heavy atom. The zero-order valence-corrected chi connectivity index (χ0v) is 21.6. The summed E-state index contributed by atoms with van der Waals surface area (Å²) < 4.78 is 17.8. The van der Waals surface area contributed by atoms with Crippen molar-refractivity contribution >= 4 is 52.1 Å². The van der Waals surface area contributed by atoms with Crippen LogP contribution in [0.2, 0.25) is 0 Å². The summed E-state index contributed by atoms with van der Waals surface area (Å²) in [6.45, 7) is 3.89. The molecule has 1 aliphatic rings. The average Bonchev–Trinajstić information content (AvgIpc) is 3.19. The Labute approximate surface area is 217 Å². The third kappa shape index (κ3) is 6.07. The molecule has 8 heteroatoms. The SMILES string of the molecule is COc1cc(/C=C2\N=C(c3ccc(NC(C)=O)cc3)OC2=O)cc(I)c1OCc1ccc(C)cc1. The van der Waals surface area contributed by atoms with E-state index in [1.54, 1.807) is 43.5 Å². The van der Waals surface area contributed by atoms with Gasteiger partial charge in [-0.2, -0.15) is 0 Å². The number of hydrogen-bond acceptors (Lipinski definition) is 6. The molecular formula is C27H23IN2O5. The van der Waals surface area contributed by atoms with Crippen LogP contribution in [-0.2, 0) is 20.9 Å². The maximum Gasteiger partial charge on any atom is 0.363 e. The summed E-state index contributed by atoms with van der Waals surface area (Å²) in [5.41, 5.74) is 4.43. The number of aryl methyl sites for hydroxylation is 1. The van der Waals surface area contributed by atoms with E-state index in [4.69, 9.17) is 14.2 Å². The van der Waals surface area contributed by atoms with Crippen molar-refractivity contribution in [2.75, 3.05) is 12.4 Å². The molecule has 1 heterocycles. The largest absolute Gasteiger partial charge is 0.493 e. The van der Waals surface area contributed by atoms with Crippen LogP contribution in [0.15, 0.2) is 71.4 Å². The summed E-state index contributed by atoms with van der Waals surface area (Å²) in [6, 6.07) is 18.7. The molecule has 4 rings (SSSR count). The van der Waals surface area contributed by atoms with Crippen molar-refractivity contribution < 1.29 is 23.8 Å². The smallest absolute Gasteiger partial charge is 0.363 e. The number of carbonyl (C=O) groups is 2. The van der Waals surface area contributed by atoms with Crippen molar-refractivity contribution in [3.8, 4) is 11.5 Å². The maximum atomic E-state index is 12.4. The number of carbonyl (C=O) groups excluding carboxylic acids is 2. The monoisotopic (exact) mass is 582 g/mol. The average molecular weight is 582 g/mol. The minimum Gasteiger partial charge on any atom is -0.493 e. The Bertz CT molecular complexity index is 1330. The first-order valence-corrected chi connectivity index (χ1v) is 11.9. The molecule has 0 aromatic heterocycles. The second-order valence-electron chi connectivity index (χ2n) is 7.90. The van der Waals surface area contributed by atoms with Gasteiger partial charge in [0.2, 0.25) is 11.8 Å². The van der Waals surface area contributed by atoms with Gasteiger partial charge in [-0.3, -0.25) is 4.79 Å². The molecule has 0 bridgehead atoms. The fraction of sp³-hybridized carbons (Fsp3) is 0.148. The number of aliphatic imine (C=N–C) groups is 1. The van der Waals surface area contributed by atoms with Crippen LogP contribution in [0.1, 0.15) is 29.2 Å². The highest BCUT2D eigenvalue weighted by Crippen LogP contribution is 2.35. The molecule has 0 unspecified atom stereocenters. The number of rotatable bonds is 7. The van der Waals surface area contributed by atoms with E-state index < -0.39 is 5.97 Å². The molecular weight excluding hydrogens is 559 g/mol. The second-order valence-corrected chi connectivity index (χ2v) is 9.07. The summed E-state index contributed by atoms with van der Waals surface area (Å²) in [7, 11) is 1.58. The summed E-state index contributed by atoms with van der Waals surface area (Å²) in [6.07, 6.45) is 1.65. The number of amides is 1. The van der Waals surface area contributed by atoms with Gasteiger partial charge in [-0.05, 0) is 83.1 Å². The van der Waals surface area contributed by atoms with E-state index in [0.717, 1.165) is 14.7 Å². The molecule has 178 valence electrons. The van der Waals surface area contributed by atoms with Gasteiger partial charge in [-0.1, -0.05) is 29.8 Å². The first-order valence-electron chi connectivity index (χ1n) is 10.8. The molecule has 0 saturated carbocycles. The van der Waals surface area contributed by atoms with E-state index in [-0.39, 0.29) is 17.5 Å². The first-order chi connectivity index (χ1) is 16.8. The van der Waals surface area contributed by atoms with Crippen molar-refractivity contribution in [2.45, 2.75) is 20.5 Å². The molecule has 7 nitrogen and oxygen atoms in total. The standard InChI is InChI=1S/C27H23IN2O5/c1-16-4-6-18(7-5-16)15-34-25-22(28)12-19(14-24(25)33-3)13-23-27(32)35-26(30-23)20-8-10-21(11-9-20)29-17(2)31/h4-14H,15H2,1-3H3,(H,29,31)/b23-13-. The predicted molar refractivity (Wildman–Crippen MR) is 143 cm³/mol. The van der Waals surface area contributed by atoms with Gasteiger partial charge in [-0.25, -0.2) is 9.79 Å². The summed E-state index contributed by atoms with van der Waals surface area (Å²) in [5.74, 6) is 0.687. The van der Waals surface area contributed by atoms with Crippen molar-refractivity contribution in [1.29, 1.82) is 0 Å². The Kier molecular flexibility index (Phi) is 7.50. The van der Waals surface area contributed by atoms with Crippen LogP contribution in [-0.4, -0.2) is 24.9 Å². The Balaban J connectivity index is 1.54. The molecule has 3 aromatic carbocycles. The van der Waals surface area contributed by atoms with E-state index in [1.165, 1.54) is 12.5 Å². The van der Waals surface area contributed by atoms with Gasteiger partial charge in [0.15, 0.2) is 17.2 Å². The maximum absolute atomic E-state index is 12.4. The van der Waals surface area contributed by atoms with E-state index in [2.05, 4.69) is 32.9 Å². The van der Waals surface area contributed by atoms with Gasteiger partial charge in [-0.15, -0.1) is 0 Å². The van der Waals surface area contributed by atoms with Crippen molar-refractivity contribution in [1.82, 2.24) is 0 Å². The van der Waals surface area contributed by atoms with Crippen LogP contribution in [0.3, 0.4) is 0 Å². The van der Waals surface area contributed by atoms with Crippen LogP contribution in [0.25, 0.3) is 6.08 Å². The van der Waals surface area contributed by atoms with Crippen LogP contribution in [0.4, 0.5) is 5.69 Å². The number of nitrogens with zero attached hydrogens (tertiary/aromatic N) is 1. The molecule has 0 aliphatic carbocycles. The third-order valence-corrected chi connectivity index (χ3v) is 5.93. The minimum absolute atomic E-state index is 0.163. The molecule has 0 atom stereocenters. The van der Waals surface area contributed by atoms with Crippen molar-refractivity contribution in [2.24, 2.45) is 4.99 Å². The van der Waals surface area contributed by atoms with Crippen molar-refractivity contribution in [3.63, 3.8) is 0 Å². The van der Waals surface area contributed by atoms with Crippen LogP contribution in [0.5, 0.6) is 11.5 Å². The lowest BCUT2D eigenvalue weighted by molar-refractivity contribution is -0.129. The fourth-order valence-electron chi connectivity index (χ4n) is 3.39. The van der Waals surface area contributed by atoms with E-state index in [9.17, 15) is 9.59 Å². The number of nitrogens with one attached hydrogen (secondary N) is 1. The number of anilines is 1. The molecule has 0 radical (unpaired) electrons. The molecule has 0 saturated heterocycles. The number of halogens is 1. The van der Waals surface area contributed by atoms with E-state index in [1.807, 2.05) is 37.3 Å². The molecule has 3 aromatic rings. The predicted octanol–water partition coefficient (Wildman–Crippen LogP) is 5.49. The van der Waals surface area contributed by atoms with E-state index in [0.29, 0.717) is 29.4 Å². The number of cyclic esters (lactones) is 1. The summed E-state index contributed by atoms with van der Waals surface area (Å²) >= 11 is 2.18. The van der Waals surface area contributed by atoms with E-state index >= 15 is 0 Å². The van der Waals surface area contributed by atoms with Crippen LogP contribution < -0.4 is 14.8 Å². The Morgan fingerprint density at radius 3 is 2.49 bits per heavy atom. The van der Waals surface area contributed by atoms with Gasteiger partial charge in [0.25, 0.3) is 0 Å². The zero-order chi connectivity index (χ0) is 24.9. The summed E-state index contributed by atoms with van der Waals surface area (Å²) in [4.78, 5) is 28.0. The van der Waals surface area contributed by atoms with Crippen LogP contribution >= 0.6 is 22.6 Å². The zero-order valence-electron chi connectivity index (χ0n) is 19.4. The topological polar surface area (TPSA) is 86.2 Å². The lowest BCUT2D eigenvalue weighted by atomic mass is 10.1. The molecule has 0 spiro atoms. The quantitative estimate of drug-likeness (QED) is 0.226. The number of methoxy groups -OCH3 is 1.